The minimum Gasteiger partial charge on any atom is -0.348 e. The summed E-state index contributed by atoms with van der Waals surface area (Å²) in [6.45, 7) is 0.713. The molecule has 1 amide bonds. The molecule has 1 aromatic heterocycles. The number of hydrogen-bond donors (Lipinski definition) is 1. The van der Waals surface area contributed by atoms with Crippen LogP contribution in [0.2, 0.25) is 0 Å². The molecule has 3 rings (SSSR count). The van der Waals surface area contributed by atoms with Crippen molar-refractivity contribution in [1.29, 1.82) is 0 Å². The molecular weight excluding hydrogens is 340 g/mol. The van der Waals surface area contributed by atoms with Crippen LogP contribution < -0.4 is 5.32 Å². The van der Waals surface area contributed by atoms with Crippen LogP contribution in [-0.2, 0) is 4.79 Å². The van der Waals surface area contributed by atoms with Gasteiger partial charge in [-0.25, -0.2) is 18.4 Å². The van der Waals surface area contributed by atoms with Crippen LogP contribution in [0.4, 0.5) is 8.78 Å². The first kappa shape index (κ1) is 16.8. The Morgan fingerprint density at radius 2 is 2.21 bits per heavy atom. The summed E-state index contributed by atoms with van der Waals surface area (Å²) in [5.41, 5.74) is -0.421. The molecule has 1 N–H and O–H groups in total. The van der Waals surface area contributed by atoms with Crippen LogP contribution >= 0.6 is 11.6 Å². The Balaban J connectivity index is 1.76. The van der Waals surface area contributed by atoms with Crippen molar-refractivity contribution >= 4 is 17.5 Å². The van der Waals surface area contributed by atoms with Gasteiger partial charge in [-0.3, -0.25) is 9.69 Å². The number of alkyl halides is 1. The van der Waals surface area contributed by atoms with Crippen molar-refractivity contribution in [2.45, 2.75) is 24.0 Å². The zero-order chi connectivity index (χ0) is 17.3. The highest BCUT2D eigenvalue weighted by atomic mass is 35.5. The quantitative estimate of drug-likeness (QED) is 0.850. The number of halogens is 3. The summed E-state index contributed by atoms with van der Waals surface area (Å²) in [6, 6.07) is 3.26. The van der Waals surface area contributed by atoms with E-state index in [2.05, 4.69) is 15.4 Å². The number of nitrogens with one attached hydrogen (secondary N) is 1. The first-order chi connectivity index (χ1) is 11.5. The molecule has 0 radical (unpaired) electrons. The van der Waals surface area contributed by atoms with Crippen LogP contribution in [0.1, 0.15) is 23.5 Å². The monoisotopic (exact) mass is 355 g/mol. The number of nitrogens with zero attached hydrogens (tertiary/aromatic N) is 4. The fourth-order valence-electron chi connectivity index (χ4n) is 2.99. The van der Waals surface area contributed by atoms with Crippen molar-refractivity contribution in [1.82, 2.24) is 25.0 Å². The molecular formula is C15H16ClF2N5O. The average Bonchev–Trinajstić information content (AvgIpc) is 3.20. The third-order valence-electron chi connectivity index (χ3n) is 4.15. The molecule has 1 saturated heterocycles. The molecule has 1 fully saturated rings. The SMILES string of the molecule is CN1CCC(NC(=O)C(Cl)n2cncn2)C1c1ccc(F)c(F)c1. The average molecular weight is 356 g/mol. The molecule has 0 saturated carbocycles. The second-order valence-corrected chi connectivity index (χ2v) is 6.13. The summed E-state index contributed by atoms with van der Waals surface area (Å²) in [5.74, 6) is -2.22. The minimum absolute atomic E-state index is 0.260. The van der Waals surface area contributed by atoms with Crippen molar-refractivity contribution in [2.24, 2.45) is 0 Å². The van der Waals surface area contributed by atoms with Crippen LogP contribution in [0.3, 0.4) is 0 Å². The lowest BCUT2D eigenvalue weighted by Crippen LogP contribution is -2.41. The van der Waals surface area contributed by atoms with Gasteiger partial charge in [0.1, 0.15) is 12.7 Å². The molecule has 2 aromatic rings. The van der Waals surface area contributed by atoms with E-state index in [1.54, 1.807) is 0 Å². The standard InChI is InChI=1S/C15H16ClF2N5O/c1-22-5-4-12(13(22)9-2-3-10(17)11(18)6-9)21-15(24)14(16)23-8-19-7-20-23/h2-3,6-8,12-14H,4-5H2,1H3,(H,21,24). The molecule has 0 bridgehead atoms. The maximum atomic E-state index is 13.5. The molecule has 1 aliphatic rings. The molecule has 9 heteroatoms. The van der Waals surface area contributed by atoms with Gasteiger partial charge in [-0.05, 0) is 31.2 Å². The van der Waals surface area contributed by atoms with Gasteiger partial charge < -0.3 is 5.32 Å². The Kier molecular flexibility index (Phi) is 4.77. The molecule has 0 spiro atoms. The Bertz CT molecular complexity index is 727. The number of likely N-dealkylation sites (tertiary alicyclic amines) is 1. The van der Waals surface area contributed by atoms with Gasteiger partial charge in [0.15, 0.2) is 11.6 Å². The largest absolute Gasteiger partial charge is 0.348 e. The molecule has 1 aromatic carbocycles. The van der Waals surface area contributed by atoms with Crippen molar-refractivity contribution in [3.63, 3.8) is 0 Å². The topological polar surface area (TPSA) is 63.1 Å². The molecule has 24 heavy (non-hydrogen) atoms. The van der Waals surface area contributed by atoms with Crippen LogP contribution in [0.15, 0.2) is 30.9 Å². The second-order valence-electron chi connectivity index (χ2n) is 5.71. The van der Waals surface area contributed by atoms with E-state index >= 15 is 0 Å². The van der Waals surface area contributed by atoms with E-state index in [4.69, 9.17) is 11.6 Å². The highest BCUT2D eigenvalue weighted by molar-refractivity contribution is 6.28. The normalized spacial score (nSPS) is 22.5. The summed E-state index contributed by atoms with van der Waals surface area (Å²) in [5, 5.41) is 6.70. The highest BCUT2D eigenvalue weighted by Crippen LogP contribution is 2.32. The summed E-state index contributed by atoms with van der Waals surface area (Å²) in [6.07, 6.45) is 3.31. The number of amides is 1. The number of aromatic nitrogens is 3. The predicted octanol–water partition coefficient (Wildman–Crippen LogP) is 1.86. The van der Waals surface area contributed by atoms with E-state index in [1.807, 2.05) is 11.9 Å². The fraction of sp³-hybridized carbons (Fsp3) is 0.400. The number of rotatable bonds is 4. The van der Waals surface area contributed by atoms with Gasteiger partial charge in [0.2, 0.25) is 5.50 Å². The Morgan fingerprint density at radius 1 is 1.42 bits per heavy atom. The third kappa shape index (κ3) is 3.25. The van der Waals surface area contributed by atoms with Crippen molar-refractivity contribution < 1.29 is 13.6 Å². The van der Waals surface area contributed by atoms with Crippen molar-refractivity contribution in [3.05, 3.63) is 48.1 Å². The molecule has 128 valence electrons. The lowest BCUT2D eigenvalue weighted by atomic mass is 10.00. The number of carbonyl (C=O) groups excluding carboxylic acids is 1. The van der Waals surface area contributed by atoms with Gasteiger partial charge in [-0.1, -0.05) is 17.7 Å². The van der Waals surface area contributed by atoms with Crippen LogP contribution in [-0.4, -0.2) is 45.2 Å². The summed E-state index contributed by atoms with van der Waals surface area (Å²) >= 11 is 6.08. The summed E-state index contributed by atoms with van der Waals surface area (Å²) < 4.78 is 27.9. The van der Waals surface area contributed by atoms with Crippen LogP contribution in [0.25, 0.3) is 0 Å². The maximum absolute atomic E-state index is 13.5. The second kappa shape index (κ2) is 6.82. The third-order valence-corrected chi connectivity index (χ3v) is 4.55. The van der Waals surface area contributed by atoms with Crippen LogP contribution in [0.5, 0.6) is 0 Å². The molecule has 3 atom stereocenters. The number of hydrogen-bond acceptors (Lipinski definition) is 4. The molecule has 2 heterocycles. The van der Waals surface area contributed by atoms with E-state index < -0.39 is 23.0 Å². The first-order valence-corrected chi connectivity index (χ1v) is 7.85. The van der Waals surface area contributed by atoms with Crippen molar-refractivity contribution in [3.8, 4) is 0 Å². The van der Waals surface area contributed by atoms with Gasteiger partial charge >= 0.3 is 0 Å². The number of benzene rings is 1. The minimum atomic E-state index is -1.02. The zero-order valence-corrected chi connectivity index (χ0v) is 13.6. The molecule has 3 unspecified atom stereocenters. The van der Waals surface area contributed by atoms with Gasteiger partial charge in [-0.2, -0.15) is 5.10 Å². The zero-order valence-electron chi connectivity index (χ0n) is 12.9. The van der Waals surface area contributed by atoms with Gasteiger partial charge in [0.05, 0.1) is 6.04 Å². The molecule has 6 nitrogen and oxygen atoms in total. The van der Waals surface area contributed by atoms with Crippen LogP contribution in [0, 0.1) is 11.6 Å². The lowest BCUT2D eigenvalue weighted by molar-refractivity contribution is -0.123. The maximum Gasteiger partial charge on any atom is 0.260 e. The Hall–Kier alpha value is -2.06. The number of likely N-dealkylation sites (N-methyl/N-ethyl adjacent to an activating group) is 1. The summed E-state index contributed by atoms with van der Waals surface area (Å²) in [4.78, 5) is 18.1. The van der Waals surface area contributed by atoms with E-state index in [9.17, 15) is 13.6 Å². The first-order valence-electron chi connectivity index (χ1n) is 7.41. The highest BCUT2D eigenvalue weighted by Gasteiger charge is 2.35. The lowest BCUT2D eigenvalue weighted by Gasteiger charge is -2.27. The smallest absolute Gasteiger partial charge is 0.260 e. The Labute approximate surface area is 142 Å². The predicted molar refractivity (Wildman–Crippen MR) is 83.2 cm³/mol. The Morgan fingerprint density at radius 3 is 2.88 bits per heavy atom. The molecule has 0 aliphatic carbocycles. The van der Waals surface area contributed by atoms with E-state index in [0.717, 1.165) is 12.1 Å². The van der Waals surface area contributed by atoms with Gasteiger partial charge in [0, 0.05) is 12.6 Å². The fourth-order valence-corrected chi connectivity index (χ4v) is 3.15. The van der Waals surface area contributed by atoms with E-state index in [-0.39, 0.29) is 12.1 Å². The summed E-state index contributed by atoms with van der Waals surface area (Å²) in [7, 11) is 1.87. The number of carbonyl (C=O) groups is 1. The van der Waals surface area contributed by atoms with Crippen molar-refractivity contribution in [2.75, 3.05) is 13.6 Å². The van der Waals surface area contributed by atoms with E-state index in [0.29, 0.717) is 18.5 Å². The molecule has 1 aliphatic heterocycles. The van der Waals surface area contributed by atoms with E-state index in [1.165, 1.54) is 23.4 Å². The van der Waals surface area contributed by atoms with Gasteiger partial charge in [0.25, 0.3) is 5.91 Å². The van der Waals surface area contributed by atoms with Gasteiger partial charge in [-0.15, -0.1) is 0 Å².